The number of hydrogen-bond donors (Lipinski definition) is 2. The SMILES string of the molecule is CCn1cc([C@@H]2C[C@@H](C(=O)Nc3sc4c(c3C#N)CCC4)N(C)S(=O)(=O)N2)c(C)n1. The number of hydrogen-bond acceptors (Lipinski definition) is 6. The summed E-state index contributed by atoms with van der Waals surface area (Å²) in [6.45, 7) is 4.45. The number of fused-ring (bicyclic) bond motifs is 1. The maximum absolute atomic E-state index is 13.1. The molecule has 2 aliphatic rings. The minimum absolute atomic E-state index is 0.269. The van der Waals surface area contributed by atoms with Crippen molar-refractivity contribution >= 4 is 32.5 Å². The predicted octanol–water partition coefficient (Wildman–Crippen LogP) is 1.85. The van der Waals surface area contributed by atoms with E-state index in [1.54, 1.807) is 4.68 Å². The van der Waals surface area contributed by atoms with Crippen LogP contribution in [0.25, 0.3) is 0 Å². The van der Waals surface area contributed by atoms with Gasteiger partial charge in [0.05, 0.1) is 17.3 Å². The summed E-state index contributed by atoms with van der Waals surface area (Å²) in [5, 5.41) is 17.3. The largest absolute Gasteiger partial charge is 0.315 e. The molecule has 1 fully saturated rings. The number of aryl methyl sites for hydroxylation is 3. The van der Waals surface area contributed by atoms with Crippen molar-refractivity contribution < 1.29 is 13.2 Å². The van der Waals surface area contributed by atoms with Gasteiger partial charge in [-0.15, -0.1) is 11.3 Å². The van der Waals surface area contributed by atoms with Crippen LogP contribution in [0.15, 0.2) is 6.20 Å². The topological polar surface area (TPSA) is 120 Å². The lowest BCUT2D eigenvalue weighted by Crippen LogP contribution is -2.56. The molecule has 2 aromatic rings. The lowest BCUT2D eigenvalue weighted by Gasteiger charge is -2.35. The third kappa shape index (κ3) is 3.54. The molecule has 160 valence electrons. The molecule has 2 atom stereocenters. The summed E-state index contributed by atoms with van der Waals surface area (Å²) >= 11 is 1.42. The monoisotopic (exact) mass is 448 g/mol. The smallest absolute Gasteiger partial charge is 0.280 e. The van der Waals surface area contributed by atoms with Crippen molar-refractivity contribution in [2.45, 2.75) is 58.2 Å². The number of nitriles is 1. The number of carbonyl (C=O) groups is 1. The Morgan fingerprint density at radius 2 is 2.23 bits per heavy atom. The Bertz CT molecular complexity index is 1140. The summed E-state index contributed by atoms with van der Waals surface area (Å²) in [5.74, 6) is -0.426. The Kier molecular flexibility index (Phi) is 5.44. The zero-order valence-corrected chi connectivity index (χ0v) is 18.7. The van der Waals surface area contributed by atoms with E-state index in [2.05, 4.69) is 21.2 Å². The lowest BCUT2D eigenvalue weighted by atomic mass is 10.00. The van der Waals surface area contributed by atoms with Crippen molar-refractivity contribution in [2.24, 2.45) is 0 Å². The van der Waals surface area contributed by atoms with Crippen molar-refractivity contribution in [2.75, 3.05) is 12.4 Å². The van der Waals surface area contributed by atoms with Gasteiger partial charge in [0.1, 0.15) is 17.1 Å². The second kappa shape index (κ2) is 7.77. The number of aromatic nitrogens is 2. The number of carbonyl (C=O) groups excluding carboxylic acids is 1. The number of rotatable bonds is 4. The van der Waals surface area contributed by atoms with Crippen molar-refractivity contribution in [3.63, 3.8) is 0 Å². The lowest BCUT2D eigenvalue weighted by molar-refractivity contribution is -0.120. The van der Waals surface area contributed by atoms with Crippen LogP contribution in [0.2, 0.25) is 0 Å². The molecule has 0 spiro atoms. The van der Waals surface area contributed by atoms with Gasteiger partial charge in [-0.1, -0.05) is 0 Å². The zero-order valence-electron chi connectivity index (χ0n) is 17.1. The second-order valence-corrected chi connectivity index (χ2v) is 10.5. The summed E-state index contributed by atoms with van der Waals surface area (Å²) in [7, 11) is -2.45. The van der Waals surface area contributed by atoms with Crippen LogP contribution in [0, 0.1) is 18.3 Å². The fourth-order valence-corrected chi connectivity index (χ4v) is 6.66. The molecule has 2 N–H and O–H groups in total. The Hall–Kier alpha value is -2.26. The van der Waals surface area contributed by atoms with E-state index in [1.807, 2.05) is 20.0 Å². The van der Waals surface area contributed by atoms with Crippen molar-refractivity contribution in [1.82, 2.24) is 18.8 Å². The van der Waals surface area contributed by atoms with E-state index in [9.17, 15) is 18.5 Å². The first-order valence-corrected chi connectivity index (χ1v) is 12.2. The average Bonchev–Trinajstić information content (AvgIpc) is 3.37. The molecule has 1 aliphatic carbocycles. The van der Waals surface area contributed by atoms with Crippen LogP contribution in [0.1, 0.15) is 53.1 Å². The molecule has 0 bridgehead atoms. The van der Waals surface area contributed by atoms with E-state index in [-0.39, 0.29) is 6.42 Å². The van der Waals surface area contributed by atoms with Gasteiger partial charge >= 0.3 is 0 Å². The zero-order chi connectivity index (χ0) is 21.6. The number of thiophene rings is 1. The van der Waals surface area contributed by atoms with Crippen LogP contribution in [-0.4, -0.2) is 41.5 Å². The van der Waals surface area contributed by atoms with E-state index in [4.69, 9.17) is 0 Å². The van der Waals surface area contributed by atoms with E-state index in [1.165, 1.54) is 18.4 Å². The molecule has 0 aromatic carbocycles. The van der Waals surface area contributed by atoms with Crippen LogP contribution >= 0.6 is 11.3 Å². The molecule has 3 heterocycles. The first kappa shape index (κ1) is 21.0. The first-order chi connectivity index (χ1) is 14.2. The summed E-state index contributed by atoms with van der Waals surface area (Å²) in [5.41, 5.74) is 3.02. The van der Waals surface area contributed by atoms with Gasteiger partial charge in [0, 0.05) is 30.2 Å². The summed E-state index contributed by atoms with van der Waals surface area (Å²) in [4.78, 5) is 14.2. The Balaban J connectivity index is 1.61. The van der Waals surface area contributed by atoms with Crippen molar-refractivity contribution in [3.8, 4) is 6.07 Å². The number of nitrogens with one attached hydrogen (secondary N) is 2. The summed E-state index contributed by atoms with van der Waals surface area (Å²) in [6, 6.07) is 0.759. The van der Waals surface area contributed by atoms with Crippen molar-refractivity contribution in [3.05, 3.63) is 33.5 Å². The molecule has 30 heavy (non-hydrogen) atoms. The molecule has 0 unspecified atom stereocenters. The van der Waals surface area contributed by atoms with Gasteiger partial charge in [0.25, 0.3) is 10.2 Å². The molecule has 1 aliphatic heterocycles. The molecule has 4 rings (SSSR count). The summed E-state index contributed by atoms with van der Waals surface area (Å²) in [6.07, 6.45) is 4.86. The van der Waals surface area contributed by atoms with Gasteiger partial charge in [-0.25, -0.2) is 0 Å². The van der Waals surface area contributed by atoms with E-state index in [0.717, 1.165) is 45.3 Å². The summed E-state index contributed by atoms with van der Waals surface area (Å²) < 4.78 is 30.9. The molecule has 2 aromatic heterocycles. The quantitative estimate of drug-likeness (QED) is 0.740. The number of amides is 1. The molecule has 9 nitrogen and oxygen atoms in total. The Morgan fingerprint density at radius 3 is 2.90 bits per heavy atom. The number of anilines is 1. The van der Waals surface area contributed by atoms with E-state index < -0.39 is 28.2 Å². The van der Waals surface area contributed by atoms with Gasteiger partial charge < -0.3 is 5.32 Å². The molecule has 1 saturated heterocycles. The maximum Gasteiger partial charge on any atom is 0.280 e. The maximum atomic E-state index is 13.1. The molecular formula is C19H24N6O3S2. The molecular weight excluding hydrogens is 424 g/mol. The number of nitrogens with zero attached hydrogens (tertiary/aromatic N) is 4. The third-order valence-corrected chi connectivity index (χ3v) is 8.63. The fourth-order valence-electron chi connectivity index (χ4n) is 4.16. The first-order valence-electron chi connectivity index (χ1n) is 9.89. The minimum atomic E-state index is -3.85. The highest BCUT2D eigenvalue weighted by atomic mass is 32.2. The predicted molar refractivity (Wildman–Crippen MR) is 113 cm³/mol. The minimum Gasteiger partial charge on any atom is -0.315 e. The standard InChI is InChI=1S/C19H24N6O3S2/c1-4-25-10-14(11(2)22-25)15-8-16(24(3)30(27,28)23-15)18(26)21-19-13(9-20)12-6-5-7-17(12)29-19/h10,15-16,23H,4-8H2,1-3H3,(H,21,26)/t15-,16-/m0/s1. The van der Waals surface area contributed by atoms with E-state index in [0.29, 0.717) is 17.1 Å². The van der Waals surface area contributed by atoms with Gasteiger partial charge in [0.15, 0.2) is 0 Å². The van der Waals surface area contributed by atoms with Crippen LogP contribution < -0.4 is 10.0 Å². The Morgan fingerprint density at radius 1 is 1.47 bits per heavy atom. The molecule has 11 heteroatoms. The van der Waals surface area contributed by atoms with Crippen molar-refractivity contribution in [1.29, 1.82) is 5.26 Å². The van der Waals surface area contributed by atoms with Gasteiger partial charge in [-0.3, -0.25) is 9.48 Å². The molecule has 0 radical (unpaired) electrons. The third-order valence-electron chi connectivity index (χ3n) is 5.82. The highest BCUT2D eigenvalue weighted by molar-refractivity contribution is 7.87. The van der Waals surface area contributed by atoms with Crippen LogP contribution in [0.4, 0.5) is 5.00 Å². The Labute approximate surface area is 179 Å². The average molecular weight is 449 g/mol. The molecule has 0 saturated carbocycles. The van der Waals surface area contributed by atoms with Gasteiger partial charge in [-0.05, 0) is 45.1 Å². The second-order valence-electron chi connectivity index (χ2n) is 7.63. The van der Waals surface area contributed by atoms with E-state index >= 15 is 0 Å². The van der Waals surface area contributed by atoms with Crippen LogP contribution in [0.5, 0.6) is 0 Å². The van der Waals surface area contributed by atoms with Gasteiger partial charge in [-0.2, -0.15) is 27.8 Å². The fraction of sp³-hybridized carbons (Fsp3) is 0.526. The van der Waals surface area contributed by atoms with Gasteiger partial charge in [0.2, 0.25) is 5.91 Å². The van der Waals surface area contributed by atoms with Crippen LogP contribution in [0.3, 0.4) is 0 Å². The highest BCUT2D eigenvalue weighted by Gasteiger charge is 2.42. The number of likely N-dealkylation sites (N-methyl/N-ethyl adjacent to an activating group) is 1. The highest BCUT2D eigenvalue weighted by Crippen LogP contribution is 2.39. The van der Waals surface area contributed by atoms with Crippen LogP contribution in [-0.2, 0) is 34.4 Å². The normalized spacial score (nSPS) is 23.1. The molecule has 1 amide bonds.